The largest absolute Gasteiger partial charge is 0.497 e. The molecule has 1 N–H and O–H groups in total. The lowest BCUT2D eigenvalue weighted by Crippen LogP contribution is -2.47. The van der Waals surface area contributed by atoms with Gasteiger partial charge in [0.2, 0.25) is 0 Å². The van der Waals surface area contributed by atoms with Crippen LogP contribution in [0.2, 0.25) is 0 Å². The SMILES string of the molecule is COc1ccc(N2CCN(c3cc(C(=O)NC4CC(C)CC(C)(C)C4)c4ccccc4n3)CC2)cc1. The van der Waals surface area contributed by atoms with E-state index in [0.717, 1.165) is 67.1 Å². The molecular weight excluding hydrogens is 448 g/mol. The van der Waals surface area contributed by atoms with Crippen LogP contribution in [0.5, 0.6) is 5.75 Å². The molecule has 0 radical (unpaired) electrons. The molecule has 1 aliphatic carbocycles. The van der Waals surface area contributed by atoms with Gasteiger partial charge in [-0.3, -0.25) is 4.79 Å². The highest BCUT2D eigenvalue weighted by atomic mass is 16.5. The molecule has 6 heteroatoms. The second-order valence-corrected chi connectivity index (χ2v) is 11.3. The van der Waals surface area contributed by atoms with Crippen LogP contribution in [0.3, 0.4) is 0 Å². The van der Waals surface area contributed by atoms with E-state index < -0.39 is 0 Å². The van der Waals surface area contributed by atoms with Crippen LogP contribution in [0.25, 0.3) is 10.9 Å². The fourth-order valence-electron chi connectivity index (χ4n) is 6.22. The fraction of sp³-hybridized carbons (Fsp3) is 0.467. The molecule has 6 nitrogen and oxygen atoms in total. The van der Waals surface area contributed by atoms with Crippen molar-refractivity contribution in [2.24, 2.45) is 11.3 Å². The van der Waals surface area contributed by atoms with E-state index >= 15 is 0 Å². The minimum absolute atomic E-state index is 0.0154. The summed E-state index contributed by atoms with van der Waals surface area (Å²) in [5, 5.41) is 4.29. The van der Waals surface area contributed by atoms with Crippen molar-refractivity contribution in [2.75, 3.05) is 43.1 Å². The Morgan fingerprint density at radius 3 is 2.39 bits per heavy atom. The topological polar surface area (TPSA) is 57.7 Å². The van der Waals surface area contributed by atoms with E-state index in [1.54, 1.807) is 7.11 Å². The number of pyridine rings is 1. The van der Waals surface area contributed by atoms with Crippen molar-refractivity contribution >= 4 is 28.3 Å². The number of aromatic nitrogens is 1. The Balaban J connectivity index is 1.34. The quantitative estimate of drug-likeness (QED) is 0.515. The van der Waals surface area contributed by atoms with Crippen LogP contribution in [-0.2, 0) is 0 Å². The molecule has 2 fully saturated rings. The van der Waals surface area contributed by atoms with Gasteiger partial charge in [-0.2, -0.15) is 0 Å². The van der Waals surface area contributed by atoms with Crippen molar-refractivity contribution in [3.05, 3.63) is 60.2 Å². The van der Waals surface area contributed by atoms with Gasteiger partial charge < -0.3 is 19.9 Å². The first-order chi connectivity index (χ1) is 17.3. The van der Waals surface area contributed by atoms with Crippen molar-refractivity contribution in [2.45, 2.75) is 46.1 Å². The summed E-state index contributed by atoms with van der Waals surface area (Å²) in [4.78, 5) is 23.2. The average Bonchev–Trinajstić information content (AvgIpc) is 2.87. The third kappa shape index (κ3) is 5.28. The van der Waals surface area contributed by atoms with Gasteiger partial charge in [-0.1, -0.05) is 39.0 Å². The van der Waals surface area contributed by atoms with Crippen molar-refractivity contribution < 1.29 is 9.53 Å². The maximum Gasteiger partial charge on any atom is 0.252 e. The molecule has 0 spiro atoms. The standard InChI is InChI=1S/C30H38N4O2/c1-21-17-22(20-30(2,3)19-21)31-29(35)26-18-28(32-27-8-6-5-7-25(26)27)34-15-13-33(14-16-34)23-9-11-24(36-4)12-10-23/h5-12,18,21-22H,13-17,19-20H2,1-4H3,(H,31,35). The van der Waals surface area contributed by atoms with E-state index in [1.807, 2.05) is 42.5 Å². The normalized spacial score (nSPS) is 21.9. The Bertz CT molecular complexity index is 1220. The molecule has 2 heterocycles. The summed E-state index contributed by atoms with van der Waals surface area (Å²) in [6.45, 7) is 10.4. The van der Waals surface area contributed by atoms with E-state index in [4.69, 9.17) is 9.72 Å². The molecule has 190 valence electrons. The number of carbonyl (C=O) groups excluding carboxylic acids is 1. The average molecular weight is 487 g/mol. The maximum absolute atomic E-state index is 13.6. The van der Waals surface area contributed by atoms with Gasteiger partial charge >= 0.3 is 0 Å². The minimum Gasteiger partial charge on any atom is -0.497 e. The first-order valence-electron chi connectivity index (χ1n) is 13.2. The van der Waals surface area contributed by atoms with E-state index in [1.165, 1.54) is 12.1 Å². The Morgan fingerprint density at radius 2 is 1.69 bits per heavy atom. The molecule has 2 aromatic carbocycles. The number of para-hydroxylation sites is 1. The van der Waals surface area contributed by atoms with Gasteiger partial charge in [0.1, 0.15) is 11.6 Å². The summed E-state index contributed by atoms with van der Waals surface area (Å²) in [6.07, 6.45) is 3.27. The third-order valence-corrected chi connectivity index (χ3v) is 7.71. The molecule has 3 aromatic rings. The number of nitrogens with zero attached hydrogens (tertiary/aromatic N) is 3. The van der Waals surface area contributed by atoms with E-state index in [0.29, 0.717) is 5.92 Å². The molecule has 1 amide bonds. The lowest BCUT2D eigenvalue weighted by Gasteiger charge is -2.39. The number of hydrogen-bond acceptors (Lipinski definition) is 5. The van der Waals surface area contributed by atoms with Gasteiger partial charge in [0.05, 0.1) is 18.2 Å². The highest BCUT2D eigenvalue weighted by Gasteiger charge is 2.33. The molecule has 2 unspecified atom stereocenters. The number of methoxy groups -OCH3 is 1. The van der Waals surface area contributed by atoms with Gasteiger partial charge in [-0.15, -0.1) is 0 Å². The summed E-state index contributed by atoms with van der Waals surface area (Å²) >= 11 is 0. The predicted octanol–water partition coefficient (Wildman–Crippen LogP) is 5.51. The van der Waals surface area contributed by atoms with Crippen LogP contribution in [-0.4, -0.2) is 50.2 Å². The second kappa shape index (κ2) is 10.00. The molecule has 36 heavy (non-hydrogen) atoms. The number of amides is 1. The van der Waals surface area contributed by atoms with Crippen LogP contribution >= 0.6 is 0 Å². The van der Waals surface area contributed by atoms with Crippen LogP contribution in [0, 0.1) is 11.3 Å². The summed E-state index contributed by atoms with van der Waals surface area (Å²) in [5.41, 5.74) is 3.05. The Labute approximate surface area is 214 Å². The van der Waals surface area contributed by atoms with Crippen molar-refractivity contribution in [3.63, 3.8) is 0 Å². The number of piperazine rings is 1. The molecule has 2 aliphatic rings. The van der Waals surface area contributed by atoms with Crippen LogP contribution in [0.15, 0.2) is 54.6 Å². The Hall–Kier alpha value is -3.28. The zero-order valence-electron chi connectivity index (χ0n) is 22.0. The monoisotopic (exact) mass is 486 g/mol. The minimum atomic E-state index is 0.0154. The van der Waals surface area contributed by atoms with Gasteiger partial charge in [-0.05, 0) is 67.0 Å². The Kier molecular flexibility index (Phi) is 6.78. The molecule has 5 rings (SSSR count). The highest BCUT2D eigenvalue weighted by molar-refractivity contribution is 6.07. The van der Waals surface area contributed by atoms with Crippen molar-refractivity contribution in [3.8, 4) is 5.75 Å². The molecular formula is C30H38N4O2. The van der Waals surface area contributed by atoms with E-state index in [2.05, 4.69) is 48.0 Å². The summed E-state index contributed by atoms with van der Waals surface area (Å²) in [7, 11) is 1.69. The highest BCUT2D eigenvalue weighted by Crippen LogP contribution is 2.38. The third-order valence-electron chi connectivity index (χ3n) is 7.71. The zero-order valence-corrected chi connectivity index (χ0v) is 22.0. The van der Waals surface area contributed by atoms with Crippen molar-refractivity contribution in [1.82, 2.24) is 10.3 Å². The number of rotatable bonds is 5. The number of nitrogens with one attached hydrogen (secondary N) is 1. The fourth-order valence-corrected chi connectivity index (χ4v) is 6.22. The lowest BCUT2D eigenvalue weighted by atomic mass is 9.70. The first kappa shape index (κ1) is 24.4. The number of carbonyl (C=O) groups is 1. The van der Waals surface area contributed by atoms with Crippen molar-refractivity contribution in [1.29, 1.82) is 0 Å². The molecule has 1 aliphatic heterocycles. The number of anilines is 2. The maximum atomic E-state index is 13.6. The zero-order chi connectivity index (χ0) is 25.3. The summed E-state index contributed by atoms with van der Waals surface area (Å²) in [6, 6.07) is 18.4. The van der Waals surface area contributed by atoms with E-state index in [-0.39, 0.29) is 17.4 Å². The predicted molar refractivity (Wildman–Crippen MR) is 147 cm³/mol. The number of fused-ring (bicyclic) bond motifs is 1. The molecule has 0 bridgehead atoms. The van der Waals surface area contributed by atoms with Crippen LogP contribution in [0.4, 0.5) is 11.5 Å². The first-order valence-corrected chi connectivity index (χ1v) is 13.2. The van der Waals surface area contributed by atoms with Gasteiger partial charge in [0, 0.05) is 43.3 Å². The molecule has 2 atom stereocenters. The Morgan fingerprint density at radius 1 is 1.00 bits per heavy atom. The summed E-state index contributed by atoms with van der Waals surface area (Å²) in [5.74, 6) is 2.38. The number of hydrogen-bond donors (Lipinski definition) is 1. The summed E-state index contributed by atoms with van der Waals surface area (Å²) < 4.78 is 5.29. The molecule has 1 saturated heterocycles. The van der Waals surface area contributed by atoms with Crippen LogP contribution < -0.4 is 19.9 Å². The lowest BCUT2D eigenvalue weighted by molar-refractivity contribution is 0.0876. The van der Waals surface area contributed by atoms with Crippen LogP contribution in [0.1, 0.15) is 50.4 Å². The number of benzene rings is 2. The van der Waals surface area contributed by atoms with Gasteiger partial charge in [0.25, 0.3) is 5.91 Å². The molecule has 1 saturated carbocycles. The van der Waals surface area contributed by atoms with E-state index in [9.17, 15) is 4.79 Å². The molecule has 1 aromatic heterocycles. The van der Waals surface area contributed by atoms with Gasteiger partial charge in [0.15, 0.2) is 0 Å². The number of ether oxygens (including phenoxy) is 1. The second-order valence-electron chi connectivity index (χ2n) is 11.3. The van der Waals surface area contributed by atoms with Gasteiger partial charge in [-0.25, -0.2) is 4.98 Å². The smallest absolute Gasteiger partial charge is 0.252 e.